The molecule has 2 aromatic rings. The van der Waals surface area contributed by atoms with Gasteiger partial charge in [0, 0.05) is 11.3 Å². The zero-order valence-corrected chi connectivity index (χ0v) is 13.6. The Balaban J connectivity index is 2.22. The normalized spacial score (nSPS) is 10.2. The molecule has 4 nitrogen and oxygen atoms in total. The predicted octanol–water partition coefficient (Wildman–Crippen LogP) is 4.02. The Morgan fingerprint density at radius 2 is 1.90 bits per heavy atom. The number of anilines is 1. The van der Waals surface area contributed by atoms with Crippen LogP contribution in [-0.2, 0) is 6.61 Å². The average Bonchev–Trinajstić information content (AvgIpc) is 2.48. The molecular weight excluding hydrogens is 334 g/mol. The first kappa shape index (κ1) is 15.5. The summed E-state index contributed by atoms with van der Waals surface area (Å²) in [5.74, 6) is 2.11. The predicted molar refractivity (Wildman–Crippen MR) is 87.0 cm³/mol. The van der Waals surface area contributed by atoms with Gasteiger partial charge in [0.05, 0.1) is 18.2 Å². The van der Waals surface area contributed by atoms with Crippen molar-refractivity contribution in [3.05, 3.63) is 46.4 Å². The van der Waals surface area contributed by atoms with E-state index in [1.54, 1.807) is 7.11 Å². The summed E-state index contributed by atoms with van der Waals surface area (Å²) in [6.07, 6.45) is 0. The fourth-order valence-electron chi connectivity index (χ4n) is 1.95. The maximum Gasteiger partial charge on any atom is 0.175 e. The lowest BCUT2D eigenvalue weighted by atomic mass is 10.2. The van der Waals surface area contributed by atoms with Gasteiger partial charge in [0.2, 0.25) is 0 Å². The number of methoxy groups -OCH3 is 1. The van der Waals surface area contributed by atoms with Crippen LogP contribution < -0.4 is 19.9 Å². The fourth-order valence-corrected chi connectivity index (χ4v) is 2.41. The monoisotopic (exact) mass is 351 g/mol. The molecule has 0 aromatic heterocycles. The summed E-state index contributed by atoms with van der Waals surface area (Å²) >= 11 is 3.46. The van der Waals surface area contributed by atoms with Gasteiger partial charge in [0.25, 0.3) is 0 Å². The molecule has 112 valence electrons. The first-order valence-electron chi connectivity index (χ1n) is 6.62. The van der Waals surface area contributed by atoms with E-state index in [0.717, 1.165) is 15.8 Å². The number of benzene rings is 2. The standard InChI is InChI=1S/C16H18BrNO3/c1-3-20-14-8-7-12(18)9-11(14)10-21-16-13(17)5-4-6-15(16)19-2/h4-9H,3,10,18H2,1-2H3. The van der Waals surface area contributed by atoms with Crippen LogP contribution in [0.3, 0.4) is 0 Å². The molecule has 0 bridgehead atoms. The topological polar surface area (TPSA) is 53.7 Å². The van der Waals surface area contributed by atoms with Crippen molar-refractivity contribution >= 4 is 21.6 Å². The van der Waals surface area contributed by atoms with Crippen molar-refractivity contribution in [1.82, 2.24) is 0 Å². The molecule has 0 aliphatic heterocycles. The summed E-state index contributed by atoms with van der Waals surface area (Å²) in [7, 11) is 1.61. The van der Waals surface area contributed by atoms with Gasteiger partial charge in [-0.05, 0) is 53.2 Å². The Morgan fingerprint density at radius 3 is 2.62 bits per heavy atom. The molecule has 0 radical (unpaired) electrons. The average molecular weight is 352 g/mol. The van der Waals surface area contributed by atoms with E-state index in [0.29, 0.717) is 30.4 Å². The Kier molecular flexibility index (Phi) is 5.33. The van der Waals surface area contributed by atoms with E-state index < -0.39 is 0 Å². The number of nitrogen functional groups attached to an aromatic ring is 1. The molecule has 0 saturated heterocycles. The van der Waals surface area contributed by atoms with Crippen molar-refractivity contribution in [2.75, 3.05) is 19.5 Å². The Morgan fingerprint density at radius 1 is 1.10 bits per heavy atom. The van der Waals surface area contributed by atoms with Crippen molar-refractivity contribution in [2.45, 2.75) is 13.5 Å². The molecule has 0 aliphatic carbocycles. The Bertz CT molecular complexity index is 616. The summed E-state index contributed by atoms with van der Waals surface area (Å²) in [4.78, 5) is 0. The van der Waals surface area contributed by atoms with Crippen LogP contribution in [0.4, 0.5) is 5.69 Å². The third-order valence-corrected chi connectivity index (χ3v) is 3.53. The summed E-state index contributed by atoms with van der Waals surface area (Å²) < 4.78 is 17.6. The Labute approximate surface area is 132 Å². The minimum atomic E-state index is 0.347. The second kappa shape index (κ2) is 7.22. The SMILES string of the molecule is CCOc1ccc(N)cc1COc1c(Br)cccc1OC. The highest BCUT2D eigenvalue weighted by Crippen LogP contribution is 2.36. The van der Waals surface area contributed by atoms with Gasteiger partial charge in [0.1, 0.15) is 12.4 Å². The third-order valence-electron chi connectivity index (χ3n) is 2.91. The third kappa shape index (κ3) is 3.82. The highest BCUT2D eigenvalue weighted by molar-refractivity contribution is 9.10. The molecule has 0 unspecified atom stereocenters. The molecule has 0 amide bonds. The number of rotatable bonds is 6. The summed E-state index contributed by atoms with van der Waals surface area (Å²) in [5.41, 5.74) is 7.41. The lowest BCUT2D eigenvalue weighted by Gasteiger charge is -2.15. The fraction of sp³-hybridized carbons (Fsp3) is 0.250. The van der Waals surface area contributed by atoms with Crippen LogP contribution in [0.15, 0.2) is 40.9 Å². The van der Waals surface area contributed by atoms with Gasteiger partial charge < -0.3 is 19.9 Å². The van der Waals surface area contributed by atoms with Gasteiger partial charge in [-0.25, -0.2) is 0 Å². The molecule has 5 heteroatoms. The van der Waals surface area contributed by atoms with E-state index in [1.807, 2.05) is 43.3 Å². The van der Waals surface area contributed by atoms with Crippen molar-refractivity contribution < 1.29 is 14.2 Å². The van der Waals surface area contributed by atoms with E-state index >= 15 is 0 Å². The van der Waals surface area contributed by atoms with Crippen molar-refractivity contribution in [1.29, 1.82) is 0 Å². The van der Waals surface area contributed by atoms with Crippen LogP contribution in [0.1, 0.15) is 12.5 Å². The summed E-state index contributed by atoms with van der Waals surface area (Å²) in [5, 5.41) is 0. The van der Waals surface area contributed by atoms with Gasteiger partial charge in [-0.2, -0.15) is 0 Å². The number of para-hydroxylation sites is 1. The number of hydrogen-bond acceptors (Lipinski definition) is 4. The smallest absolute Gasteiger partial charge is 0.175 e. The van der Waals surface area contributed by atoms with Crippen LogP contribution >= 0.6 is 15.9 Å². The van der Waals surface area contributed by atoms with Crippen molar-refractivity contribution in [3.8, 4) is 17.2 Å². The van der Waals surface area contributed by atoms with Gasteiger partial charge in [-0.1, -0.05) is 6.07 Å². The van der Waals surface area contributed by atoms with Crippen LogP contribution in [0, 0.1) is 0 Å². The minimum Gasteiger partial charge on any atom is -0.493 e. The van der Waals surface area contributed by atoms with E-state index in [2.05, 4.69) is 15.9 Å². The molecule has 2 aromatic carbocycles. The van der Waals surface area contributed by atoms with Gasteiger partial charge in [-0.15, -0.1) is 0 Å². The maximum atomic E-state index is 5.88. The molecule has 2 rings (SSSR count). The summed E-state index contributed by atoms with van der Waals surface area (Å²) in [6, 6.07) is 11.2. The lowest BCUT2D eigenvalue weighted by Crippen LogP contribution is -2.03. The number of nitrogens with two attached hydrogens (primary N) is 1. The van der Waals surface area contributed by atoms with Crippen LogP contribution in [-0.4, -0.2) is 13.7 Å². The molecule has 0 heterocycles. The van der Waals surface area contributed by atoms with Crippen LogP contribution in [0.25, 0.3) is 0 Å². The van der Waals surface area contributed by atoms with E-state index in [1.165, 1.54) is 0 Å². The molecule has 0 fully saturated rings. The molecular formula is C16H18BrNO3. The van der Waals surface area contributed by atoms with Gasteiger partial charge in [0.15, 0.2) is 11.5 Å². The lowest BCUT2D eigenvalue weighted by molar-refractivity contribution is 0.270. The van der Waals surface area contributed by atoms with E-state index in [4.69, 9.17) is 19.9 Å². The number of ether oxygens (including phenoxy) is 3. The minimum absolute atomic E-state index is 0.347. The zero-order chi connectivity index (χ0) is 15.2. The van der Waals surface area contributed by atoms with Crippen LogP contribution in [0.5, 0.6) is 17.2 Å². The highest BCUT2D eigenvalue weighted by atomic mass is 79.9. The van der Waals surface area contributed by atoms with Crippen molar-refractivity contribution in [3.63, 3.8) is 0 Å². The molecule has 0 atom stereocenters. The second-order valence-electron chi connectivity index (χ2n) is 4.36. The highest BCUT2D eigenvalue weighted by Gasteiger charge is 2.11. The molecule has 0 aliphatic rings. The maximum absolute atomic E-state index is 5.88. The quantitative estimate of drug-likeness (QED) is 0.798. The molecule has 2 N–H and O–H groups in total. The second-order valence-corrected chi connectivity index (χ2v) is 5.21. The van der Waals surface area contributed by atoms with E-state index in [-0.39, 0.29) is 0 Å². The van der Waals surface area contributed by atoms with E-state index in [9.17, 15) is 0 Å². The molecule has 0 spiro atoms. The zero-order valence-electron chi connectivity index (χ0n) is 12.1. The number of halogens is 1. The first-order valence-corrected chi connectivity index (χ1v) is 7.41. The largest absolute Gasteiger partial charge is 0.493 e. The molecule has 0 saturated carbocycles. The Hall–Kier alpha value is -1.88. The van der Waals surface area contributed by atoms with Gasteiger partial charge >= 0.3 is 0 Å². The first-order chi connectivity index (χ1) is 10.2. The van der Waals surface area contributed by atoms with Crippen LogP contribution in [0.2, 0.25) is 0 Å². The summed E-state index contributed by atoms with van der Waals surface area (Å²) in [6.45, 7) is 2.88. The number of hydrogen-bond donors (Lipinski definition) is 1. The van der Waals surface area contributed by atoms with Gasteiger partial charge in [-0.3, -0.25) is 0 Å². The molecule has 21 heavy (non-hydrogen) atoms. The van der Waals surface area contributed by atoms with Crippen molar-refractivity contribution in [2.24, 2.45) is 0 Å².